The van der Waals surface area contributed by atoms with Crippen LogP contribution in [0.15, 0.2) is 18.2 Å². The molecule has 7 nitrogen and oxygen atoms in total. The molecule has 0 saturated carbocycles. The van der Waals surface area contributed by atoms with Gasteiger partial charge in [-0.15, -0.1) is 0 Å². The minimum atomic E-state index is -0.517. The number of ether oxygens (including phenoxy) is 1. The molecule has 0 aromatic heterocycles. The Bertz CT molecular complexity index is 494. The summed E-state index contributed by atoms with van der Waals surface area (Å²) in [4.78, 5) is 25.7. The topological polar surface area (TPSA) is 84.7 Å². The third-order valence-corrected chi connectivity index (χ3v) is 2.72. The summed E-state index contributed by atoms with van der Waals surface area (Å²) in [7, 11) is 0. The first-order valence-electron chi connectivity index (χ1n) is 5.18. The molecular formula is C10H10ClN3O4. The molecule has 0 saturated heterocycles. The van der Waals surface area contributed by atoms with Crippen molar-refractivity contribution in [3.8, 4) is 5.75 Å². The number of nitro benzene ring substituents is 1. The van der Waals surface area contributed by atoms with Gasteiger partial charge in [0.25, 0.3) is 11.6 Å². The van der Waals surface area contributed by atoms with Crippen LogP contribution in [0, 0.1) is 10.1 Å². The van der Waals surface area contributed by atoms with Gasteiger partial charge < -0.3 is 9.64 Å². The Labute approximate surface area is 108 Å². The molecule has 0 aliphatic carbocycles. The summed E-state index contributed by atoms with van der Waals surface area (Å²) in [5, 5.41) is 10.7. The summed E-state index contributed by atoms with van der Waals surface area (Å²) in [5.74, 6) is 0.199. The summed E-state index contributed by atoms with van der Waals surface area (Å²) in [5.41, 5.74) is 0.309. The smallest absolute Gasteiger partial charge is 0.271 e. The zero-order valence-corrected chi connectivity index (χ0v) is 10.0. The Morgan fingerprint density at radius 1 is 1.56 bits per heavy atom. The van der Waals surface area contributed by atoms with Crippen LogP contribution in [0.4, 0.5) is 11.4 Å². The largest absolute Gasteiger partial charge is 0.482 e. The highest BCUT2D eigenvalue weighted by atomic mass is 35.5. The number of carbonyl (C=O) groups is 1. The second-order valence-electron chi connectivity index (χ2n) is 3.63. The highest BCUT2D eigenvalue weighted by Gasteiger charge is 2.27. The van der Waals surface area contributed by atoms with Crippen molar-refractivity contribution in [2.24, 2.45) is 0 Å². The minimum Gasteiger partial charge on any atom is -0.482 e. The van der Waals surface area contributed by atoms with Gasteiger partial charge in [0.15, 0.2) is 6.61 Å². The Kier molecular flexibility index (Phi) is 3.63. The van der Waals surface area contributed by atoms with Crippen molar-refractivity contribution < 1.29 is 14.5 Å². The number of nitro groups is 1. The number of halogens is 1. The summed E-state index contributed by atoms with van der Waals surface area (Å²) in [6.45, 7) is 0.613. The molecule has 1 aliphatic rings. The van der Waals surface area contributed by atoms with E-state index in [0.717, 1.165) is 0 Å². The van der Waals surface area contributed by atoms with Crippen LogP contribution in [-0.2, 0) is 4.79 Å². The standard InChI is InChI=1S/C10H10ClN3O4/c11-12-3-4-13-8-5-7(14(16)17)1-2-9(8)18-6-10(13)15/h1-2,5,12H,3-4,6H2. The van der Waals surface area contributed by atoms with Crippen LogP contribution in [0.5, 0.6) is 5.75 Å². The normalized spacial score (nSPS) is 14.1. The molecule has 18 heavy (non-hydrogen) atoms. The van der Waals surface area contributed by atoms with Gasteiger partial charge in [-0.3, -0.25) is 14.9 Å². The zero-order valence-electron chi connectivity index (χ0n) is 9.26. The molecule has 0 bridgehead atoms. The third-order valence-electron chi connectivity index (χ3n) is 2.53. The molecule has 1 N–H and O–H groups in total. The predicted octanol–water partition coefficient (Wildman–Crippen LogP) is 1.06. The fourth-order valence-electron chi connectivity index (χ4n) is 1.70. The molecule has 0 atom stereocenters. The number of carbonyl (C=O) groups excluding carboxylic acids is 1. The van der Waals surface area contributed by atoms with E-state index < -0.39 is 4.92 Å². The van der Waals surface area contributed by atoms with Crippen molar-refractivity contribution in [2.75, 3.05) is 24.6 Å². The Morgan fingerprint density at radius 3 is 3.00 bits per heavy atom. The van der Waals surface area contributed by atoms with Gasteiger partial charge in [-0.2, -0.15) is 0 Å². The molecule has 1 amide bonds. The fraction of sp³-hybridized carbons (Fsp3) is 0.300. The SMILES string of the molecule is O=C1COc2ccc([N+](=O)[O-])cc2N1CCNCl. The second kappa shape index (κ2) is 5.19. The molecule has 0 fully saturated rings. The lowest BCUT2D eigenvalue weighted by atomic mass is 10.2. The van der Waals surface area contributed by atoms with E-state index in [1.807, 2.05) is 0 Å². The number of amides is 1. The van der Waals surface area contributed by atoms with Crippen LogP contribution in [0.3, 0.4) is 0 Å². The van der Waals surface area contributed by atoms with Crippen LogP contribution in [-0.4, -0.2) is 30.5 Å². The lowest BCUT2D eigenvalue weighted by Crippen LogP contribution is -2.41. The quantitative estimate of drug-likeness (QED) is 0.503. The van der Waals surface area contributed by atoms with Gasteiger partial charge in [0.05, 0.1) is 10.6 Å². The number of anilines is 1. The number of nitrogens with zero attached hydrogens (tertiary/aromatic N) is 2. The van der Waals surface area contributed by atoms with Gasteiger partial charge in [0.1, 0.15) is 5.75 Å². The average molecular weight is 272 g/mol. The summed E-state index contributed by atoms with van der Waals surface area (Å²) in [6.07, 6.45) is 0. The maximum Gasteiger partial charge on any atom is 0.271 e. The van der Waals surface area contributed by atoms with Gasteiger partial charge in [0.2, 0.25) is 0 Å². The van der Waals surface area contributed by atoms with Crippen molar-refractivity contribution in [3.05, 3.63) is 28.3 Å². The summed E-state index contributed by atoms with van der Waals surface area (Å²) < 4.78 is 5.21. The summed E-state index contributed by atoms with van der Waals surface area (Å²) in [6, 6.07) is 4.15. The van der Waals surface area contributed by atoms with E-state index in [0.29, 0.717) is 24.5 Å². The first kappa shape index (κ1) is 12.6. The van der Waals surface area contributed by atoms with Gasteiger partial charge in [0, 0.05) is 25.2 Å². The molecule has 96 valence electrons. The van der Waals surface area contributed by atoms with Gasteiger partial charge in [-0.05, 0) is 17.8 Å². The highest BCUT2D eigenvalue weighted by Crippen LogP contribution is 2.34. The predicted molar refractivity (Wildman–Crippen MR) is 64.8 cm³/mol. The lowest BCUT2D eigenvalue weighted by Gasteiger charge is -2.28. The van der Waals surface area contributed by atoms with E-state index in [9.17, 15) is 14.9 Å². The first-order valence-corrected chi connectivity index (χ1v) is 5.56. The molecule has 0 unspecified atom stereocenters. The highest BCUT2D eigenvalue weighted by molar-refractivity contribution is 6.13. The minimum absolute atomic E-state index is 0.0763. The van der Waals surface area contributed by atoms with Crippen molar-refractivity contribution in [1.29, 1.82) is 0 Å². The van der Waals surface area contributed by atoms with Crippen molar-refractivity contribution in [1.82, 2.24) is 4.84 Å². The number of hydrogen-bond acceptors (Lipinski definition) is 5. The van der Waals surface area contributed by atoms with Gasteiger partial charge in [-0.25, -0.2) is 4.84 Å². The van der Waals surface area contributed by atoms with Gasteiger partial charge in [-0.1, -0.05) is 0 Å². The van der Waals surface area contributed by atoms with E-state index in [1.54, 1.807) is 0 Å². The molecule has 8 heteroatoms. The monoisotopic (exact) mass is 271 g/mol. The number of rotatable bonds is 4. The molecule has 1 aromatic rings. The first-order chi connectivity index (χ1) is 8.63. The van der Waals surface area contributed by atoms with Crippen molar-refractivity contribution in [3.63, 3.8) is 0 Å². The fourth-order valence-corrected chi connectivity index (χ4v) is 1.79. The molecule has 0 radical (unpaired) electrons. The van der Waals surface area contributed by atoms with Crippen molar-refractivity contribution in [2.45, 2.75) is 0 Å². The van der Waals surface area contributed by atoms with E-state index in [1.165, 1.54) is 23.1 Å². The maximum absolute atomic E-state index is 11.7. The molecule has 0 spiro atoms. The number of benzene rings is 1. The molecule has 1 aromatic carbocycles. The lowest BCUT2D eigenvalue weighted by molar-refractivity contribution is -0.384. The van der Waals surface area contributed by atoms with Crippen LogP contribution < -0.4 is 14.5 Å². The van der Waals surface area contributed by atoms with Crippen LogP contribution in [0.2, 0.25) is 0 Å². The Hall–Kier alpha value is -1.86. The van der Waals surface area contributed by atoms with Crippen molar-refractivity contribution >= 4 is 29.1 Å². The van der Waals surface area contributed by atoms with Gasteiger partial charge >= 0.3 is 0 Å². The van der Waals surface area contributed by atoms with E-state index in [2.05, 4.69) is 4.84 Å². The summed E-state index contributed by atoms with van der Waals surface area (Å²) >= 11 is 5.35. The van der Waals surface area contributed by atoms with Crippen LogP contribution >= 0.6 is 11.8 Å². The number of nitrogens with one attached hydrogen (secondary N) is 1. The molecule has 1 heterocycles. The van der Waals surface area contributed by atoms with E-state index in [4.69, 9.17) is 16.5 Å². The molecular weight excluding hydrogens is 262 g/mol. The second-order valence-corrected chi connectivity index (χ2v) is 3.89. The number of fused-ring (bicyclic) bond motifs is 1. The van der Waals surface area contributed by atoms with E-state index in [-0.39, 0.29) is 18.2 Å². The Morgan fingerprint density at radius 2 is 2.33 bits per heavy atom. The molecule has 2 rings (SSSR count). The Balaban J connectivity index is 2.36. The zero-order chi connectivity index (χ0) is 13.1. The van der Waals surface area contributed by atoms with Crippen LogP contribution in [0.25, 0.3) is 0 Å². The average Bonchev–Trinajstić information content (AvgIpc) is 2.37. The molecule has 1 aliphatic heterocycles. The van der Waals surface area contributed by atoms with E-state index >= 15 is 0 Å². The maximum atomic E-state index is 11.7. The van der Waals surface area contributed by atoms with Crippen LogP contribution in [0.1, 0.15) is 0 Å². The third kappa shape index (κ3) is 2.36. The number of non-ortho nitro benzene ring substituents is 1. The number of hydrogen-bond donors (Lipinski definition) is 1.